The summed E-state index contributed by atoms with van der Waals surface area (Å²) in [4.78, 5) is 24.9. The number of likely N-dealkylation sites (tertiary alicyclic amines) is 1. The Kier molecular flexibility index (Phi) is 6.52. The van der Waals surface area contributed by atoms with Crippen LogP contribution < -0.4 is 0 Å². The van der Waals surface area contributed by atoms with Gasteiger partial charge in [0.05, 0.1) is 0 Å². The van der Waals surface area contributed by atoms with E-state index >= 15 is 0 Å². The number of carbonyl (C=O) groups is 2. The average Bonchev–Trinajstić information content (AvgIpc) is 2.92. The standard InChI is InChI=1S/C17H29NO3/c19-16(10-4-5-11-17(20)21)18-12-6-9-15(18)13-14-7-2-1-3-8-14/h14-15H,1-13H2,(H,20,21)/t15-/m1/s1. The molecule has 2 aliphatic rings. The number of carboxylic acids is 1. The molecule has 2 fully saturated rings. The van der Waals surface area contributed by atoms with Crippen molar-refractivity contribution in [3.05, 3.63) is 0 Å². The van der Waals surface area contributed by atoms with Crippen LogP contribution in [0.2, 0.25) is 0 Å². The first-order chi connectivity index (χ1) is 10.2. The van der Waals surface area contributed by atoms with Crippen LogP contribution in [0.3, 0.4) is 0 Å². The van der Waals surface area contributed by atoms with Crippen molar-refractivity contribution in [1.29, 1.82) is 0 Å². The summed E-state index contributed by atoms with van der Waals surface area (Å²) in [5.74, 6) is 0.307. The van der Waals surface area contributed by atoms with Crippen molar-refractivity contribution >= 4 is 11.9 Å². The van der Waals surface area contributed by atoms with Crippen LogP contribution >= 0.6 is 0 Å². The van der Waals surface area contributed by atoms with Gasteiger partial charge < -0.3 is 10.0 Å². The van der Waals surface area contributed by atoms with E-state index in [2.05, 4.69) is 4.90 Å². The summed E-state index contributed by atoms with van der Waals surface area (Å²) in [7, 11) is 0. The Labute approximate surface area is 127 Å². The second-order valence-corrected chi connectivity index (χ2v) is 6.72. The summed E-state index contributed by atoms with van der Waals surface area (Å²) >= 11 is 0. The van der Waals surface area contributed by atoms with E-state index in [0.29, 0.717) is 25.3 Å². The minimum absolute atomic E-state index is 0.179. The van der Waals surface area contributed by atoms with Gasteiger partial charge in [0.25, 0.3) is 0 Å². The van der Waals surface area contributed by atoms with Gasteiger partial charge in [-0.05, 0) is 38.0 Å². The van der Waals surface area contributed by atoms with Crippen molar-refractivity contribution in [2.24, 2.45) is 5.92 Å². The maximum Gasteiger partial charge on any atom is 0.303 e. The molecule has 1 amide bonds. The second kappa shape index (κ2) is 8.40. The third-order valence-corrected chi connectivity index (χ3v) is 5.06. The molecule has 120 valence electrons. The van der Waals surface area contributed by atoms with Crippen LogP contribution in [0, 0.1) is 5.92 Å². The number of rotatable bonds is 7. The molecular weight excluding hydrogens is 266 g/mol. The zero-order chi connectivity index (χ0) is 15.1. The smallest absolute Gasteiger partial charge is 0.303 e. The molecule has 0 spiro atoms. The van der Waals surface area contributed by atoms with Gasteiger partial charge in [0.1, 0.15) is 0 Å². The number of nitrogens with zero attached hydrogens (tertiary/aromatic N) is 1. The van der Waals surface area contributed by atoms with Gasteiger partial charge in [0.2, 0.25) is 5.91 Å². The molecule has 1 saturated heterocycles. The third-order valence-electron chi connectivity index (χ3n) is 5.06. The van der Waals surface area contributed by atoms with Gasteiger partial charge in [0, 0.05) is 25.4 Å². The third kappa shape index (κ3) is 5.33. The fraction of sp³-hybridized carbons (Fsp3) is 0.882. The zero-order valence-electron chi connectivity index (χ0n) is 13.1. The van der Waals surface area contributed by atoms with Crippen LogP contribution in [0.4, 0.5) is 0 Å². The molecule has 1 saturated carbocycles. The number of amides is 1. The number of hydrogen-bond donors (Lipinski definition) is 1. The summed E-state index contributed by atoms with van der Waals surface area (Å²) in [5.41, 5.74) is 0. The van der Waals surface area contributed by atoms with E-state index in [1.807, 2.05) is 0 Å². The molecule has 0 aromatic carbocycles. The van der Waals surface area contributed by atoms with E-state index in [1.54, 1.807) is 0 Å². The van der Waals surface area contributed by atoms with E-state index in [4.69, 9.17) is 5.11 Å². The number of aliphatic carboxylic acids is 1. The van der Waals surface area contributed by atoms with E-state index in [1.165, 1.54) is 38.5 Å². The highest BCUT2D eigenvalue weighted by Gasteiger charge is 2.30. The van der Waals surface area contributed by atoms with Crippen LogP contribution in [-0.4, -0.2) is 34.5 Å². The fourth-order valence-electron chi connectivity index (χ4n) is 3.91. The van der Waals surface area contributed by atoms with Crippen molar-refractivity contribution in [3.8, 4) is 0 Å². The minimum atomic E-state index is -0.765. The molecule has 1 aliphatic carbocycles. The lowest BCUT2D eigenvalue weighted by Crippen LogP contribution is -2.36. The average molecular weight is 295 g/mol. The van der Waals surface area contributed by atoms with Crippen LogP contribution in [-0.2, 0) is 9.59 Å². The van der Waals surface area contributed by atoms with Gasteiger partial charge in [-0.25, -0.2) is 0 Å². The van der Waals surface area contributed by atoms with Gasteiger partial charge in [-0.3, -0.25) is 9.59 Å². The molecule has 21 heavy (non-hydrogen) atoms. The van der Waals surface area contributed by atoms with E-state index in [-0.39, 0.29) is 12.3 Å². The zero-order valence-corrected chi connectivity index (χ0v) is 13.1. The highest BCUT2D eigenvalue weighted by atomic mass is 16.4. The van der Waals surface area contributed by atoms with Crippen molar-refractivity contribution in [3.63, 3.8) is 0 Å². The van der Waals surface area contributed by atoms with Crippen molar-refractivity contribution in [2.45, 2.75) is 83.1 Å². The van der Waals surface area contributed by atoms with Crippen molar-refractivity contribution < 1.29 is 14.7 Å². The molecule has 0 aromatic heterocycles. The van der Waals surface area contributed by atoms with Crippen molar-refractivity contribution in [1.82, 2.24) is 4.90 Å². The first-order valence-electron chi connectivity index (χ1n) is 8.68. The Morgan fingerprint density at radius 3 is 2.38 bits per heavy atom. The lowest BCUT2D eigenvalue weighted by Gasteiger charge is -2.30. The molecule has 2 rings (SSSR count). The quantitative estimate of drug-likeness (QED) is 0.730. The Bertz CT molecular complexity index is 350. The molecule has 1 N–H and O–H groups in total. The topological polar surface area (TPSA) is 57.6 Å². The Morgan fingerprint density at radius 1 is 0.952 bits per heavy atom. The van der Waals surface area contributed by atoms with E-state index in [0.717, 1.165) is 25.3 Å². The highest BCUT2D eigenvalue weighted by Crippen LogP contribution is 2.32. The van der Waals surface area contributed by atoms with Crippen molar-refractivity contribution in [2.75, 3.05) is 6.54 Å². The Balaban J connectivity index is 1.72. The first kappa shape index (κ1) is 16.3. The summed E-state index contributed by atoms with van der Waals surface area (Å²) in [5, 5.41) is 8.62. The lowest BCUT2D eigenvalue weighted by atomic mass is 9.84. The minimum Gasteiger partial charge on any atom is -0.481 e. The molecule has 0 unspecified atom stereocenters. The molecule has 0 radical (unpaired) electrons. The monoisotopic (exact) mass is 295 g/mol. The van der Waals surface area contributed by atoms with E-state index in [9.17, 15) is 9.59 Å². The summed E-state index contributed by atoms with van der Waals surface area (Å²) in [6.45, 7) is 0.912. The number of carbonyl (C=O) groups excluding carboxylic acids is 1. The summed E-state index contributed by atoms with van der Waals surface area (Å²) in [6.07, 6.45) is 12.3. The van der Waals surface area contributed by atoms with Crippen LogP contribution in [0.1, 0.15) is 77.0 Å². The Morgan fingerprint density at radius 2 is 1.67 bits per heavy atom. The number of unbranched alkanes of at least 4 members (excludes halogenated alkanes) is 1. The SMILES string of the molecule is O=C(O)CCCCC(=O)N1CCC[C@@H]1CC1CCCCC1. The molecule has 4 heteroatoms. The highest BCUT2D eigenvalue weighted by molar-refractivity contribution is 5.76. The van der Waals surface area contributed by atoms with E-state index < -0.39 is 5.97 Å². The number of hydrogen-bond acceptors (Lipinski definition) is 2. The molecular formula is C17H29NO3. The normalized spacial score (nSPS) is 23.4. The molecule has 1 heterocycles. The van der Waals surface area contributed by atoms with Crippen LogP contribution in [0.5, 0.6) is 0 Å². The fourth-order valence-corrected chi connectivity index (χ4v) is 3.91. The Hall–Kier alpha value is -1.06. The van der Waals surface area contributed by atoms with Gasteiger partial charge in [-0.1, -0.05) is 32.1 Å². The van der Waals surface area contributed by atoms with Crippen LogP contribution in [0.25, 0.3) is 0 Å². The summed E-state index contributed by atoms with van der Waals surface area (Å²) in [6, 6.07) is 0.458. The van der Waals surface area contributed by atoms with Gasteiger partial charge >= 0.3 is 5.97 Å². The molecule has 1 atom stereocenters. The molecule has 4 nitrogen and oxygen atoms in total. The van der Waals surface area contributed by atoms with Crippen LogP contribution in [0.15, 0.2) is 0 Å². The molecule has 0 aromatic rings. The van der Waals surface area contributed by atoms with Gasteiger partial charge in [-0.2, -0.15) is 0 Å². The predicted octanol–water partition coefficient (Wildman–Crippen LogP) is 3.59. The maximum absolute atomic E-state index is 12.3. The van der Waals surface area contributed by atoms with Gasteiger partial charge in [0.15, 0.2) is 0 Å². The van der Waals surface area contributed by atoms with Gasteiger partial charge in [-0.15, -0.1) is 0 Å². The summed E-state index contributed by atoms with van der Waals surface area (Å²) < 4.78 is 0. The largest absolute Gasteiger partial charge is 0.481 e. The lowest BCUT2D eigenvalue weighted by molar-refractivity contribution is -0.137. The first-order valence-corrected chi connectivity index (χ1v) is 8.68. The second-order valence-electron chi connectivity index (χ2n) is 6.72. The molecule has 0 bridgehead atoms. The maximum atomic E-state index is 12.3. The molecule has 1 aliphatic heterocycles. The predicted molar refractivity (Wildman–Crippen MR) is 82.0 cm³/mol. The number of carboxylic acid groups (broad SMARTS) is 1.